The van der Waals surface area contributed by atoms with E-state index < -0.39 is 0 Å². The Balaban J connectivity index is 3.05. The van der Waals surface area contributed by atoms with Gasteiger partial charge in [-0.15, -0.1) is 0 Å². The average Bonchev–Trinajstić information content (AvgIpc) is 2.30. The van der Waals surface area contributed by atoms with Crippen molar-refractivity contribution in [2.45, 2.75) is 40.0 Å². The van der Waals surface area contributed by atoms with E-state index in [0.29, 0.717) is 5.92 Å². The van der Waals surface area contributed by atoms with Crippen LogP contribution in [0.5, 0.6) is 0 Å². The second kappa shape index (κ2) is 3.07. The van der Waals surface area contributed by atoms with E-state index in [2.05, 4.69) is 37.9 Å². The van der Waals surface area contributed by atoms with Crippen molar-refractivity contribution in [2.75, 3.05) is 0 Å². The summed E-state index contributed by atoms with van der Waals surface area (Å²) in [6, 6.07) is 0. The van der Waals surface area contributed by atoms with Crippen LogP contribution in [0.25, 0.3) is 0 Å². The number of H-pyrrole nitrogens is 1. The maximum Gasteiger partial charge on any atom is 0.0682 e. The Labute approximate surface area is 68.0 Å². The highest BCUT2D eigenvalue weighted by Gasteiger charge is 2.10. The first-order valence-corrected chi connectivity index (χ1v) is 4.20. The molecule has 1 N–H and O–H groups in total. The second-order valence-electron chi connectivity index (χ2n) is 3.22. The largest absolute Gasteiger partial charge is 0.282 e. The number of nitrogens with zero attached hydrogens (tertiary/aromatic N) is 1. The molecule has 1 heterocycles. The average molecular weight is 152 g/mol. The molecule has 0 radical (unpaired) electrons. The first-order valence-electron chi connectivity index (χ1n) is 4.20. The highest BCUT2D eigenvalue weighted by molar-refractivity contribution is 5.26. The third-order valence-corrected chi connectivity index (χ3v) is 2.01. The molecule has 11 heavy (non-hydrogen) atoms. The molecule has 1 aromatic rings. The number of rotatable bonds is 2. The van der Waals surface area contributed by atoms with Crippen LogP contribution in [0.1, 0.15) is 43.6 Å². The van der Waals surface area contributed by atoms with E-state index in [1.54, 1.807) is 0 Å². The van der Waals surface area contributed by atoms with Gasteiger partial charge in [0.25, 0.3) is 0 Å². The summed E-state index contributed by atoms with van der Waals surface area (Å²) in [5.74, 6) is 0.537. The van der Waals surface area contributed by atoms with Gasteiger partial charge >= 0.3 is 0 Å². The lowest BCUT2D eigenvalue weighted by Gasteiger charge is -2.02. The molecule has 0 aliphatic carbocycles. The topological polar surface area (TPSA) is 28.7 Å². The minimum atomic E-state index is 0.537. The maximum atomic E-state index is 4.26. The molecule has 0 aliphatic heterocycles. The SMILES string of the molecule is CCc1c(C(C)C)n[nH]c1C. The van der Waals surface area contributed by atoms with Gasteiger partial charge in [-0.05, 0) is 24.8 Å². The van der Waals surface area contributed by atoms with Crippen molar-refractivity contribution in [3.63, 3.8) is 0 Å². The fourth-order valence-corrected chi connectivity index (χ4v) is 1.39. The van der Waals surface area contributed by atoms with Crippen LogP contribution in [0.4, 0.5) is 0 Å². The molecule has 2 heteroatoms. The van der Waals surface area contributed by atoms with Gasteiger partial charge in [0.1, 0.15) is 0 Å². The molecule has 0 unspecified atom stereocenters. The monoisotopic (exact) mass is 152 g/mol. The van der Waals surface area contributed by atoms with Crippen LogP contribution in [0.3, 0.4) is 0 Å². The highest BCUT2D eigenvalue weighted by Crippen LogP contribution is 2.19. The predicted octanol–water partition coefficient (Wildman–Crippen LogP) is 2.40. The summed E-state index contributed by atoms with van der Waals surface area (Å²) < 4.78 is 0. The molecule has 1 aromatic heterocycles. The quantitative estimate of drug-likeness (QED) is 0.692. The number of nitrogens with one attached hydrogen (secondary N) is 1. The van der Waals surface area contributed by atoms with Crippen molar-refractivity contribution in [3.05, 3.63) is 17.0 Å². The number of aryl methyl sites for hydroxylation is 1. The molecule has 0 saturated carbocycles. The van der Waals surface area contributed by atoms with Crippen LogP contribution in [0.15, 0.2) is 0 Å². The molecule has 0 bridgehead atoms. The Bertz CT molecular complexity index is 236. The van der Waals surface area contributed by atoms with E-state index in [-0.39, 0.29) is 0 Å². The van der Waals surface area contributed by atoms with E-state index in [1.165, 1.54) is 17.0 Å². The third-order valence-electron chi connectivity index (χ3n) is 2.01. The van der Waals surface area contributed by atoms with E-state index in [4.69, 9.17) is 0 Å². The van der Waals surface area contributed by atoms with Crippen LogP contribution in [0.2, 0.25) is 0 Å². The molecule has 62 valence electrons. The standard InChI is InChI=1S/C9H16N2/c1-5-8-7(4)10-11-9(8)6(2)3/h6H,5H2,1-4H3,(H,10,11). The van der Waals surface area contributed by atoms with Gasteiger partial charge in [0.2, 0.25) is 0 Å². The van der Waals surface area contributed by atoms with E-state index >= 15 is 0 Å². The van der Waals surface area contributed by atoms with Crippen LogP contribution in [-0.4, -0.2) is 10.2 Å². The fourth-order valence-electron chi connectivity index (χ4n) is 1.39. The zero-order valence-corrected chi connectivity index (χ0v) is 7.73. The van der Waals surface area contributed by atoms with Crippen LogP contribution in [0, 0.1) is 6.92 Å². The van der Waals surface area contributed by atoms with Gasteiger partial charge in [0.15, 0.2) is 0 Å². The minimum absolute atomic E-state index is 0.537. The van der Waals surface area contributed by atoms with Crippen molar-refractivity contribution in [1.82, 2.24) is 10.2 Å². The maximum absolute atomic E-state index is 4.26. The summed E-state index contributed by atoms with van der Waals surface area (Å²) in [5, 5.41) is 7.28. The van der Waals surface area contributed by atoms with Gasteiger partial charge in [0, 0.05) is 5.69 Å². The Morgan fingerprint density at radius 1 is 1.45 bits per heavy atom. The lowest BCUT2D eigenvalue weighted by Crippen LogP contribution is -1.93. The van der Waals surface area contributed by atoms with Gasteiger partial charge in [-0.2, -0.15) is 5.10 Å². The van der Waals surface area contributed by atoms with Gasteiger partial charge in [0.05, 0.1) is 5.69 Å². The summed E-state index contributed by atoms with van der Waals surface area (Å²) in [6.45, 7) is 8.60. The number of hydrogen-bond donors (Lipinski definition) is 1. The van der Waals surface area contributed by atoms with Crippen molar-refractivity contribution < 1.29 is 0 Å². The second-order valence-corrected chi connectivity index (χ2v) is 3.22. The van der Waals surface area contributed by atoms with Crippen molar-refractivity contribution in [2.24, 2.45) is 0 Å². The van der Waals surface area contributed by atoms with E-state index in [1.807, 2.05) is 0 Å². The predicted molar refractivity (Wildman–Crippen MR) is 46.8 cm³/mol. The number of aromatic amines is 1. The normalized spacial score (nSPS) is 11.0. The molecule has 0 amide bonds. The molecular weight excluding hydrogens is 136 g/mol. The van der Waals surface area contributed by atoms with Crippen molar-refractivity contribution in [3.8, 4) is 0 Å². The van der Waals surface area contributed by atoms with Gasteiger partial charge in [-0.3, -0.25) is 5.10 Å². The Hall–Kier alpha value is -0.790. The summed E-state index contributed by atoms with van der Waals surface area (Å²) in [6.07, 6.45) is 1.08. The molecule has 0 aliphatic rings. The van der Waals surface area contributed by atoms with Gasteiger partial charge < -0.3 is 0 Å². The highest BCUT2D eigenvalue weighted by atomic mass is 15.1. The first-order chi connectivity index (χ1) is 5.16. The molecule has 0 saturated heterocycles. The number of hydrogen-bond acceptors (Lipinski definition) is 1. The molecule has 1 rings (SSSR count). The summed E-state index contributed by atoms with van der Waals surface area (Å²) in [4.78, 5) is 0. The zero-order valence-electron chi connectivity index (χ0n) is 7.73. The summed E-state index contributed by atoms with van der Waals surface area (Å²) in [5.41, 5.74) is 3.83. The summed E-state index contributed by atoms with van der Waals surface area (Å²) in [7, 11) is 0. The lowest BCUT2D eigenvalue weighted by atomic mass is 10.0. The third kappa shape index (κ3) is 1.44. The first kappa shape index (κ1) is 8.31. The van der Waals surface area contributed by atoms with Gasteiger partial charge in [-0.1, -0.05) is 20.8 Å². The lowest BCUT2D eigenvalue weighted by molar-refractivity contribution is 0.797. The molecule has 2 nitrogen and oxygen atoms in total. The van der Waals surface area contributed by atoms with Gasteiger partial charge in [-0.25, -0.2) is 0 Å². The van der Waals surface area contributed by atoms with Crippen molar-refractivity contribution >= 4 is 0 Å². The molecule has 0 atom stereocenters. The molecule has 0 aromatic carbocycles. The Morgan fingerprint density at radius 2 is 2.09 bits per heavy atom. The molecular formula is C9H16N2. The van der Waals surface area contributed by atoms with Crippen LogP contribution in [-0.2, 0) is 6.42 Å². The molecule has 0 spiro atoms. The fraction of sp³-hybridized carbons (Fsp3) is 0.667. The smallest absolute Gasteiger partial charge is 0.0682 e. The summed E-state index contributed by atoms with van der Waals surface area (Å²) >= 11 is 0. The van der Waals surface area contributed by atoms with E-state index in [9.17, 15) is 0 Å². The Kier molecular flexibility index (Phi) is 2.32. The zero-order chi connectivity index (χ0) is 8.43. The minimum Gasteiger partial charge on any atom is -0.282 e. The van der Waals surface area contributed by atoms with Crippen LogP contribution < -0.4 is 0 Å². The Morgan fingerprint density at radius 3 is 2.45 bits per heavy atom. The van der Waals surface area contributed by atoms with Crippen LogP contribution >= 0.6 is 0 Å². The number of aromatic nitrogens is 2. The van der Waals surface area contributed by atoms with Crippen molar-refractivity contribution in [1.29, 1.82) is 0 Å². The molecule has 0 fully saturated rings. The van der Waals surface area contributed by atoms with E-state index in [0.717, 1.165) is 6.42 Å².